The van der Waals surface area contributed by atoms with Crippen LogP contribution in [-0.4, -0.2) is 29.2 Å². The quantitative estimate of drug-likeness (QED) is 0.611. The fourth-order valence-electron chi connectivity index (χ4n) is 1.80. The van der Waals surface area contributed by atoms with E-state index >= 15 is 0 Å². The first kappa shape index (κ1) is 15.4. The number of aliphatic hydroxyl groups is 1. The molecule has 0 saturated heterocycles. The molecule has 1 amide bonds. The number of rotatable bonds is 7. The Morgan fingerprint density at radius 3 is 2.50 bits per heavy atom. The standard InChI is InChI=1S/C12H26N2O2/c1-5-6-10(13)11(15)14-8-12(4,16)7-9(2)3/h9-10,16H,5-8,13H2,1-4H3,(H,14,15). The van der Waals surface area contributed by atoms with Crippen molar-refractivity contribution < 1.29 is 9.90 Å². The van der Waals surface area contributed by atoms with Gasteiger partial charge in [-0.1, -0.05) is 27.2 Å². The third-order valence-electron chi connectivity index (χ3n) is 2.43. The fraction of sp³-hybridized carbons (Fsp3) is 0.917. The molecule has 0 aromatic carbocycles. The molecule has 0 aromatic heterocycles. The molecule has 0 aromatic rings. The molecule has 0 rings (SSSR count). The maximum absolute atomic E-state index is 11.5. The van der Waals surface area contributed by atoms with Crippen molar-refractivity contribution in [2.45, 2.75) is 58.6 Å². The van der Waals surface area contributed by atoms with Gasteiger partial charge in [0.2, 0.25) is 5.91 Å². The Bertz CT molecular complexity index is 215. The number of amides is 1. The Kier molecular flexibility index (Phi) is 6.60. The van der Waals surface area contributed by atoms with E-state index in [9.17, 15) is 9.90 Å². The summed E-state index contributed by atoms with van der Waals surface area (Å²) < 4.78 is 0. The smallest absolute Gasteiger partial charge is 0.237 e. The van der Waals surface area contributed by atoms with Crippen molar-refractivity contribution in [3.05, 3.63) is 0 Å². The first-order valence-corrected chi connectivity index (χ1v) is 6.04. The zero-order valence-electron chi connectivity index (χ0n) is 10.9. The van der Waals surface area contributed by atoms with Gasteiger partial charge in [0.1, 0.15) is 0 Å². The predicted octanol–water partition coefficient (Wildman–Crippen LogP) is 1.03. The van der Waals surface area contributed by atoms with Crippen molar-refractivity contribution >= 4 is 5.91 Å². The second-order valence-electron chi connectivity index (χ2n) is 5.21. The summed E-state index contributed by atoms with van der Waals surface area (Å²) in [5.74, 6) is 0.224. The molecule has 0 aliphatic heterocycles. The monoisotopic (exact) mass is 230 g/mol. The predicted molar refractivity (Wildman–Crippen MR) is 66.0 cm³/mol. The Hall–Kier alpha value is -0.610. The minimum Gasteiger partial charge on any atom is -0.388 e. The second kappa shape index (κ2) is 6.86. The van der Waals surface area contributed by atoms with Crippen LogP contribution in [0.1, 0.15) is 47.0 Å². The summed E-state index contributed by atoms with van der Waals surface area (Å²) in [6, 6.07) is -0.458. The Morgan fingerprint density at radius 2 is 2.06 bits per heavy atom. The molecule has 2 atom stereocenters. The van der Waals surface area contributed by atoms with Crippen LogP contribution in [0.3, 0.4) is 0 Å². The topological polar surface area (TPSA) is 75.4 Å². The summed E-state index contributed by atoms with van der Waals surface area (Å²) in [7, 11) is 0. The molecule has 0 fully saturated rings. The summed E-state index contributed by atoms with van der Waals surface area (Å²) in [5, 5.41) is 12.7. The van der Waals surface area contributed by atoms with Crippen molar-refractivity contribution in [1.82, 2.24) is 5.32 Å². The van der Waals surface area contributed by atoms with Crippen molar-refractivity contribution in [3.8, 4) is 0 Å². The van der Waals surface area contributed by atoms with Crippen LogP contribution in [0.5, 0.6) is 0 Å². The minimum atomic E-state index is -0.851. The average molecular weight is 230 g/mol. The van der Waals surface area contributed by atoms with E-state index in [0.717, 1.165) is 6.42 Å². The van der Waals surface area contributed by atoms with Gasteiger partial charge in [0.05, 0.1) is 11.6 Å². The largest absolute Gasteiger partial charge is 0.388 e. The molecule has 4 heteroatoms. The lowest BCUT2D eigenvalue weighted by Crippen LogP contribution is -2.47. The third kappa shape index (κ3) is 6.80. The van der Waals surface area contributed by atoms with Gasteiger partial charge in [-0.05, 0) is 25.7 Å². The highest BCUT2D eigenvalue weighted by Gasteiger charge is 2.23. The van der Waals surface area contributed by atoms with E-state index in [1.165, 1.54) is 0 Å². The Labute approximate surface area is 98.6 Å². The van der Waals surface area contributed by atoms with Crippen LogP contribution < -0.4 is 11.1 Å². The zero-order chi connectivity index (χ0) is 12.8. The molecule has 4 nitrogen and oxygen atoms in total. The van der Waals surface area contributed by atoms with E-state index in [4.69, 9.17) is 5.73 Å². The highest BCUT2D eigenvalue weighted by Crippen LogP contribution is 2.15. The van der Waals surface area contributed by atoms with Gasteiger partial charge < -0.3 is 16.2 Å². The van der Waals surface area contributed by atoms with E-state index in [-0.39, 0.29) is 12.5 Å². The summed E-state index contributed by atoms with van der Waals surface area (Å²) in [6.45, 7) is 8.07. The fourth-order valence-corrected chi connectivity index (χ4v) is 1.80. The molecular weight excluding hydrogens is 204 g/mol. The maximum Gasteiger partial charge on any atom is 0.237 e. The molecule has 4 N–H and O–H groups in total. The number of hydrogen-bond donors (Lipinski definition) is 3. The lowest BCUT2D eigenvalue weighted by Gasteiger charge is -2.26. The lowest BCUT2D eigenvalue weighted by molar-refractivity contribution is -0.123. The molecule has 0 bridgehead atoms. The van der Waals surface area contributed by atoms with Crippen LogP contribution in [-0.2, 0) is 4.79 Å². The van der Waals surface area contributed by atoms with Gasteiger partial charge in [0.15, 0.2) is 0 Å². The van der Waals surface area contributed by atoms with E-state index in [1.807, 2.05) is 20.8 Å². The van der Waals surface area contributed by atoms with Crippen molar-refractivity contribution in [3.63, 3.8) is 0 Å². The number of hydrogen-bond acceptors (Lipinski definition) is 3. The normalized spacial score (nSPS) is 16.9. The molecule has 2 unspecified atom stereocenters. The van der Waals surface area contributed by atoms with Crippen molar-refractivity contribution in [2.75, 3.05) is 6.54 Å². The molecule has 16 heavy (non-hydrogen) atoms. The van der Waals surface area contributed by atoms with Gasteiger partial charge in [-0.3, -0.25) is 4.79 Å². The minimum absolute atomic E-state index is 0.175. The van der Waals surface area contributed by atoms with Crippen LogP contribution >= 0.6 is 0 Å². The first-order valence-electron chi connectivity index (χ1n) is 6.04. The second-order valence-corrected chi connectivity index (χ2v) is 5.21. The number of carbonyl (C=O) groups is 1. The van der Waals surface area contributed by atoms with Gasteiger partial charge in [0.25, 0.3) is 0 Å². The van der Waals surface area contributed by atoms with Gasteiger partial charge >= 0.3 is 0 Å². The molecular formula is C12H26N2O2. The van der Waals surface area contributed by atoms with Crippen LogP contribution in [0.2, 0.25) is 0 Å². The highest BCUT2D eigenvalue weighted by molar-refractivity contribution is 5.81. The average Bonchev–Trinajstić information content (AvgIpc) is 2.12. The summed E-state index contributed by atoms with van der Waals surface area (Å²) >= 11 is 0. The molecule has 0 saturated carbocycles. The molecule has 0 aliphatic rings. The van der Waals surface area contributed by atoms with Crippen molar-refractivity contribution in [2.24, 2.45) is 11.7 Å². The lowest BCUT2D eigenvalue weighted by atomic mass is 9.94. The molecule has 0 aliphatic carbocycles. The molecule has 0 radical (unpaired) electrons. The molecule has 96 valence electrons. The van der Waals surface area contributed by atoms with Crippen LogP contribution in [0.25, 0.3) is 0 Å². The third-order valence-corrected chi connectivity index (χ3v) is 2.43. The highest BCUT2D eigenvalue weighted by atomic mass is 16.3. The van der Waals surface area contributed by atoms with Gasteiger partial charge in [-0.25, -0.2) is 0 Å². The number of carbonyl (C=O) groups excluding carboxylic acids is 1. The SMILES string of the molecule is CCCC(N)C(=O)NCC(C)(O)CC(C)C. The van der Waals surface area contributed by atoms with Crippen LogP contribution in [0.4, 0.5) is 0 Å². The van der Waals surface area contributed by atoms with Crippen LogP contribution in [0.15, 0.2) is 0 Å². The molecule has 0 heterocycles. The summed E-state index contributed by atoms with van der Waals surface area (Å²) in [6.07, 6.45) is 2.23. The van der Waals surface area contributed by atoms with Crippen LogP contribution in [0, 0.1) is 5.92 Å². The first-order chi connectivity index (χ1) is 7.28. The molecule has 0 spiro atoms. The number of nitrogens with one attached hydrogen (secondary N) is 1. The van der Waals surface area contributed by atoms with Gasteiger partial charge in [0, 0.05) is 6.54 Å². The van der Waals surface area contributed by atoms with E-state index in [1.54, 1.807) is 6.92 Å². The van der Waals surface area contributed by atoms with E-state index in [2.05, 4.69) is 5.32 Å². The zero-order valence-corrected chi connectivity index (χ0v) is 10.9. The number of nitrogens with two attached hydrogens (primary N) is 1. The van der Waals surface area contributed by atoms with Crippen molar-refractivity contribution in [1.29, 1.82) is 0 Å². The Balaban J connectivity index is 3.99. The van der Waals surface area contributed by atoms with Gasteiger partial charge in [-0.2, -0.15) is 0 Å². The maximum atomic E-state index is 11.5. The van der Waals surface area contributed by atoms with Gasteiger partial charge in [-0.15, -0.1) is 0 Å². The summed E-state index contributed by atoms with van der Waals surface area (Å²) in [5.41, 5.74) is 4.81. The Morgan fingerprint density at radius 1 is 1.50 bits per heavy atom. The van der Waals surface area contributed by atoms with E-state index in [0.29, 0.717) is 18.8 Å². The van der Waals surface area contributed by atoms with E-state index < -0.39 is 11.6 Å². The summed E-state index contributed by atoms with van der Waals surface area (Å²) in [4.78, 5) is 11.5.